The number of rotatable bonds is 4. The molecule has 0 saturated heterocycles. The molecule has 3 rings (SSSR count). The van der Waals surface area contributed by atoms with Gasteiger partial charge in [0.25, 0.3) is 0 Å². The van der Waals surface area contributed by atoms with Crippen LogP contribution in [0.4, 0.5) is 0 Å². The first-order chi connectivity index (χ1) is 10.7. The number of carbonyl (C=O) groups excluding carboxylic acids is 2. The SMILES string of the molecule is CCOC(=O)c1cnc2ccc(-c3ccccc3C=O)nn12. The van der Waals surface area contributed by atoms with Crippen molar-refractivity contribution in [1.29, 1.82) is 0 Å². The first-order valence-corrected chi connectivity index (χ1v) is 6.81. The van der Waals surface area contributed by atoms with E-state index in [1.807, 2.05) is 6.07 Å². The summed E-state index contributed by atoms with van der Waals surface area (Å²) < 4.78 is 6.41. The average molecular weight is 295 g/mol. The summed E-state index contributed by atoms with van der Waals surface area (Å²) in [6.07, 6.45) is 2.21. The molecule has 0 N–H and O–H groups in total. The van der Waals surface area contributed by atoms with E-state index in [4.69, 9.17) is 4.74 Å². The standard InChI is InChI=1S/C16H13N3O3/c1-2-22-16(21)14-9-17-15-8-7-13(18-19(14)15)12-6-4-3-5-11(12)10-20/h3-10H,2H2,1H3. The summed E-state index contributed by atoms with van der Waals surface area (Å²) in [5.41, 5.74) is 2.60. The molecule has 22 heavy (non-hydrogen) atoms. The normalized spacial score (nSPS) is 10.6. The lowest BCUT2D eigenvalue weighted by Crippen LogP contribution is -2.10. The van der Waals surface area contributed by atoms with Gasteiger partial charge in [-0.3, -0.25) is 4.79 Å². The van der Waals surface area contributed by atoms with Gasteiger partial charge in [-0.15, -0.1) is 0 Å². The molecule has 0 bridgehead atoms. The molecule has 0 amide bonds. The predicted octanol–water partition coefficient (Wildman–Crippen LogP) is 2.39. The van der Waals surface area contributed by atoms with Crippen LogP contribution in [-0.4, -0.2) is 33.5 Å². The molecule has 0 unspecified atom stereocenters. The first kappa shape index (κ1) is 13.9. The van der Waals surface area contributed by atoms with Gasteiger partial charge in [0.05, 0.1) is 18.5 Å². The van der Waals surface area contributed by atoms with Crippen molar-refractivity contribution in [3.05, 3.63) is 53.9 Å². The summed E-state index contributed by atoms with van der Waals surface area (Å²) in [6, 6.07) is 10.6. The topological polar surface area (TPSA) is 73.6 Å². The Kier molecular flexibility index (Phi) is 3.65. The molecule has 0 spiro atoms. The molecule has 0 aliphatic rings. The molecule has 2 heterocycles. The van der Waals surface area contributed by atoms with Crippen LogP contribution in [0, 0.1) is 0 Å². The largest absolute Gasteiger partial charge is 0.461 e. The van der Waals surface area contributed by atoms with E-state index in [-0.39, 0.29) is 12.3 Å². The fourth-order valence-corrected chi connectivity index (χ4v) is 2.19. The van der Waals surface area contributed by atoms with Crippen LogP contribution in [-0.2, 0) is 4.74 Å². The van der Waals surface area contributed by atoms with Gasteiger partial charge in [0.2, 0.25) is 0 Å². The summed E-state index contributed by atoms with van der Waals surface area (Å²) in [7, 11) is 0. The Bertz CT molecular complexity index is 855. The van der Waals surface area contributed by atoms with Crippen LogP contribution in [0.25, 0.3) is 16.9 Å². The lowest BCUT2D eigenvalue weighted by atomic mass is 10.1. The first-order valence-electron chi connectivity index (χ1n) is 6.81. The molecule has 3 aromatic rings. The van der Waals surface area contributed by atoms with Crippen LogP contribution in [0.1, 0.15) is 27.8 Å². The van der Waals surface area contributed by atoms with Gasteiger partial charge in [0.15, 0.2) is 17.6 Å². The van der Waals surface area contributed by atoms with Crippen molar-refractivity contribution < 1.29 is 14.3 Å². The number of ether oxygens (including phenoxy) is 1. The molecule has 1 aromatic carbocycles. The molecular formula is C16H13N3O3. The molecule has 0 radical (unpaired) electrons. The summed E-state index contributed by atoms with van der Waals surface area (Å²) in [4.78, 5) is 27.2. The van der Waals surface area contributed by atoms with Gasteiger partial charge in [-0.2, -0.15) is 5.10 Å². The highest BCUT2D eigenvalue weighted by Gasteiger charge is 2.15. The van der Waals surface area contributed by atoms with Crippen molar-refractivity contribution in [1.82, 2.24) is 14.6 Å². The van der Waals surface area contributed by atoms with E-state index < -0.39 is 5.97 Å². The third-order valence-corrected chi connectivity index (χ3v) is 3.21. The molecule has 0 fully saturated rings. The van der Waals surface area contributed by atoms with Gasteiger partial charge in [0.1, 0.15) is 0 Å². The second kappa shape index (κ2) is 5.77. The Morgan fingerprint density at radius 2 is 2.09 bits per heavy atom. The number of imidazole rings is 1. The van der Waals surface area contributed by atoms with Gasteiger partial charge < -0.3 is 4.74 Å². The molecule has 110 valence electrons. The van der Waals surface area contributed by atoms with Crippen molar-refractivity contribution >= 4 is 17.9 Å². The number of aldehydes is 1. The number of carbonyl (C=O) groups is 2. The summed E-state index contributed by atoms with van der Waals surface area (Å²) in [5, 5.41) is 4.41. The minimum atomic E-state index is -0.483. The lowest BCUT2D eigenvalue weighted by Gasteiger charge is -2.06. The zero-order chi connectivity index (χ0) is 15.5. The minimum Gasteiger partial charge on any atom is -0.461 e. The monoisotopic (exact) mass is 295 g/mol. The van der Waals surface area contributed by atoms with E-state index in [9.17, 15) is 9.59 Å². The molecule has 0 aliphatic heterocycles. The fourth-order valence-electron chi connectivity index (χ4n) is 2.19. The average Bonchev–Trinajstić information content (AvgIpc) is 2.98. The number of aromatic nitrogens is 3. The van der Waals surface area contributed by atoms with Gasteiger partial charge in [-0.05, 0) is 19.1 Å². The minimum absolute atomic E-state index is 0.252. The zero-order valence-electron chi connectivity index (χ0n) is 11.9. The smallest absolute Gasteiger partial charge is 0.358 e. The maximum absolute atomic E-state index is 11.9. The zero-order valence-corrected chi connectivity index (χ0v) is 11.9. The molecule has 6 nitrogen and oxygen atoms in total. The van der Waals surface area contributed by atoms with Gasteiger partial charge >= 0.3 is 5.97 Å². The third kappa shape index (κ3) is 2.35. The van der Waals surface area contributed by atoms with E-state index in [0.29, 0.717) is 22.5 Å². The highest BCUT2D eigenvalue weighted by molar-refractivity contribution is 5.89. The van der Waals surface area contributed by atoms with E-state index >= 15 is 0 Å². The number of fused-ring (bicyclic) bond motifs is 1. The number of esters is 1. The Hall–Kier alpha value is -3.02. The molecular weight excluding hydrogens is 282 g/mol. The van der Waals surface area contributed by atoms with Crippen LogP contribution in [0.3, 0.4) is 0 Å². The van der Waals surface area contributed by atoms with Crippen LogP contribution in [0.5, 0.6) is 0 Å². The summed E-state index contributed by atoms with van der Waals surface area (Å²) in [6.45, 7) is 2.01. The number of benzene rings is 1. The predicted molar refractivity (Wildman–Crippen MR) is 79.8 cm³/mol. The van der Waals surface area contributed by atoms with Crippen molar-refractivity contribution in [2.45, 2.75) is 6.92 Å². The van der Waals surface area contributed by atoms with E-state index in [2.05, 4.69) is 10.1 Å². The van der Waals surface area contributed by atoms with E-state index in [1.165, 1.54) is 10.7 Å². The third-order valence-electron chi connectivity index (χ3n) is 3.21. The molecule has 0 saturated carbocycles. The second-order valence-corrected chi connectivity index (χ2v) is 4.56. The van der Waals surface area contributed by atoms with E-state index in [1.54, 1.807) is 37.3 Å². The van der Waals surface area contributed by atoms with Crippen molar-refractivity contribution in [2.24, 2.45) is 0 Å². The Balaban J connectivity index is 2.14. The molecule has 0 atom stereocenters. The van der Waals surface area contributed by atoms with E-state index in [0.717, 1.165) is 6.29 Å². The maximum Gasteiger partial charge on any atom is 0.358 e. The van der Waals surface area contributed by atoms with Gasteiger partial charge in [0, 0.05) is 11.1 Å². The van der Waals surface area contributed by atoms with Crippen molar-refractivity contribution in [2.75, 3.05) is 6.61 Å². The molecule has 2 aromatic heterocycles. The maximum atomic E-state index is 11.9. The van der Waals surface area contributed by atoms with Crippen LogP contribution in [0.2, 0.25) is 0 Å². The van der Waals surface area contributed by atoms with Crippen LogP contribution < -0.4 is 0 Å². The number of hydrogen-bond acceptors (Lipinski definition) is 5. The molecule has 0 aliphatic carbocycles. The van der Waals surface area contributed by atoms with Crippen molar-refractivity contribution in [3.63, 3.8) is 0 Å². The highest BCUT2D eigenvalue weighted by atomic mass is 16.5. The van der Waals surface area contributed by atoms with Gasteiger partial charge in [-0.1, -0.05) is 24.3 Å². The molecule has 6 heteroatoms. The number of hydrogen-bond donors (Lipinski definition) is 0. The van der Waals surface area contributed by atoms with Crippen molar-refractivity contribution in [3.8, 4) is 11.3 Å². The Morgan fingerprint density at radius 3 is 2.86 bits per heavy atom. The summed E-state index contributed by atoms with van der Waals surface area (Å²) >= 11 is 0. The van der Waals surface area contributed by atoms with Gasteiger partial charge in [-0.25, -0.2) is 14.3 Å². The quantitative estimate of drug-likeness (QED) is 0.546. The second-order valence-electron chi connectivity index (χ2n) is 4.56. The fraction of sp³-hybridized carbons (Fsp3) is 0.125. The number of nitrogens with zero attached hydrogens (tertiary/aromatic N) is 3. The Labute approximate surface area is 126 Å². The highest BCUT2D eigenvalue weighted by Crippen LogP contribution is 2.21. The van der Waals surface area contributed by atoms with Crippen LogP contribution in [0.15, 0.2) is 42.6 Å². The van der Waals surface area contributed by atoms with Crippen LogP contribution >= 0.6 is 0 Å². The lowest BCUT2D eigenvalue weighted by molar-refractivity contribution is 0.0516. The summed E-state index contributed by atoms with van der Waals surface area (Å²) in [5.74, 6) is -0.483. The Morgan fingerprint density at radius 1 is 1.27 bits per heavy atom.